The first-order valence-electron chi connectivity index (χ1n) is 7.31. The Labute approximate surface area is 115 Å². The zero-order valence-corrected chi connectivity index (χ0v) is 11.3. The molecule has 0 amide bonds. The van der Waals surface area contributed by atoms with Crippen molar-refractivity contribution in [2.45, 2.75) is 44.6 Å². The SMILES string of the molecule is O=c1c2nc(C3CCOCC3)oc2nc2n1CCCC2. The highest BCUT2D eigenvalue weighted by atomic mass is 16.5. The Morgan fingerprint density at radius 1 is 1.15 bits per heavy atom. The molecule has 6 nitrogen and oxygen atoms in total. The van der Waals surface area contributed by atoms with E-state index in [4.69, 9.17) is 9.15 Å². The normalized spacial score (nSPS) is 20.2. The van der Waals surface area contributed by atoms with E-state index in [2.05, 4.69) is 9.97 Å². The maximum Gasteiger partial charge on any atom is 0.283 e. The van der Waals surface area contributed by atoms with Crippen LogP contribution in [0, 0.1) is 0 Å². The number of oxazole rings is 1. The van der Waals surface area contributed by atoms with Gasteiger partial charge in [-0.15, -0.1) is 0 Å². The number of nitrogens with zero attached hydrogens (tertiary/aromatic N) is 3. The number of rotatable bonds is 1. The van der Waals surface area contributed by atoms with Gasteiger partial charge >= 0.3 is 0 Å². The molecule has 0 atom stereocenters. The van der Waals surface area contributed by atoms with E-state index in [1.807, 2.05) is 0 Å². The number of hydrogen-bond acceptors (Lipinski definition) is 5. The summed E-state index contributed by atoms with van der Waals surface area (Å²) < 4.78 is 12.9. The fourth-order valence-corrected chi connectivity index (χ4v) is 3.06. The minimum Gasteiger partial charge on any atom is -0.422 e. The molecule has 2 aliphatic rings. The van der Waals surface area contributed by atoms with Crippen molar-refractivity contribution in [2.24, 2.45) is 0 Å². The van der Waals surface area contributed by atoms with E-state index in [1.165, 1.54) is 0 Å². The predicted molar refractivity (Wildman–Crippen MR) is 71.8 cm³/mol. The summed E-state index contributed by atoms with van der Waals surface area (Å²) in [6, 6.07) is 0. The molecule has 0 bridgehead atoms. The number of ether oxygens (including phenoxy) is 1. The average molecular weight is 275 g/mol. The third-order valence-corrected chi connectivity index (χ3v) is 4.22. The second-order valence-electron chi connectivity index (χ2n) is 5.53. The van der Waals surface area contributed by atoms with Crippen molar-refractivity contribution < 1.29 is 9.15 Å². The van der Waals surface area contributed by atoms with Crippen LogP contribution in [0.3, 0.4) is 0 Å². The molecule has 4 rings (SSSR count). The first-order chi connectivity index (χ1) is 9.83. The zero-order chi connectivity index (χ0) is 13.5. The van der Waals surface area contributed by atoms with Gasteiger partial charge < -0.3 is 9.15 Å². The van der Waals surface area contributed by atoms with Crippen LogP contribution >= 0.6 is 0 Å². The van der Waals surface area contributed by atoms with Gasteiger partial charge in [0.05, 0.1) is 0 Å². The van der Waals surface area contributed by atoms with Crippen molar-refractivity contribution >= 4 is 11.2 Å². The molecule has 0 aliphatic carbocycles. The first kappa shape index (κ1) is 12.1. The number of aromatic nitrogens is 3. The molecule has 0 saturated carbocycles. The highest BCUT2D eigenvalue weighted by Gasteiger charge is 2.24. The van der Waals surface area contributed by atoms with Crippen molar-refractivity contribution in [1.29, 1.82) is 0 Å². The lowest BCUT2D eigenvalue weighted by Crippen LogP contribution is -2.28. The van der Waals surface area contributed by atoms with Gasteiger partial charge in [-0.05, 0) is 25.7 Å². The van der Waals surface area contributed by atoms with Crippen LogP contribution in [0.15, 0.2) is 9.21 Å². The van der Waals surface area contributed by atoms with Gasteiger partial charge in [0.25, 0.3) is 11.3 Å². The lowest BCUT2D eigenvalue weighted by atomic mass is 10.0. The smallest absolute Gasteiger partial charge is 0.283 e. The van der Waals surface area contributed by atoms with Gasteiger partial charge in [0.15, 0.2) is 5.52 Å². The Balaban J connectivity index is 1.82. The van der Waals surface area contributed by atoms with Crippen molar-refractivity contribution in [3.8, 4) is 0 Å². The maximum absolute atomic E-state index is 12.4. The minimum atomic E-state index is -0.0493. The number of fused-ring (bicyclic) bond motifs is 2. The fourth-order valence-electron chi connectivity index (χ4n) is 3.06. The summed E-state index contributed by atoms with van der Waals surface area (Å²) in [4.78, 5) is 21.4. The first-order valence-corrected chi connectivity index (χ1v) is 7.31. The van der Waals surface area contributed by atoms with Crippen LogP contribution in [-0.4, -0.2) is 27.7 Å². The average Bonchev–Trinajstić information content (AvgIpc) is 2.93. The molecule has 4 heterocycles. The second kappa shape index (κ2) is 4.70. The summed E-state index contributed by atoms with van der Waals surface area (Å²) in [7, 11) is 0. The summed E-state index contributed by atoms with van der Waals surface area (Å²) in [5.74, 6) is 1.73. The number of aryl methyl sites for hydroxylation is 1. The van der Waals surface area contributed by atoms with Crippen molar-refractivity contribution in [3.63, 3.8) is 0 Å². The van der Waals surface area contributed by atoms with Crippen molar-refractivity contribution in [1.82, 2.24) is 14.5 Å². The van der Waals surface area contributed by atoms with E-state index in [-0.39, 0.29) is 11.5 Å². The molecule has 0 aromatic carbocycles. The monoisotopic (exact) mass is 275 g/mol. The van der Waals surface area contributed by atoms with E-state index < -0.39 is 0 Å². The van der Waals surface area contributed by atoms with E-state index >= 15 is 0 Å². The quantitative estimate of drug-likeness (QED) is 0.791. The summed E-state index contributed by atoms with van der Waals surface area (Å²) >= 11 is 0. The summed E-state index contributed by atoms with van der Waals surface area (Å²) in [6.45, 7) is 2.20. The van der Waals surface area contributed by atoms with Crippen LogP contribution < -0.4 is 5.56 Å². The molecular weight excluding hydrogens is 258 g/mol. The highest BCUT2D eigenvalue weighted by Crippen LogP contribution is 2.28. The Hall–Kier alpha value is -1.69. The third kappa shape index (κ3) is 1.86. The van der Waals surface area contributed by atoms with Gasteiger partial charge in [0, 0.05) is 32.1 Å². The minimum absolute atomic E-state index is 0.0493. The van der Waals surface area contributed by atoms with Crippen LogP contribution in [0.4, 0.5) is 0 Å². The maximum atomic E-state index is 12.4. The molecule has 1 fully saturated rings. The largest absolute Gasteiger partial charge is 0.422 e. The predicted octanol–water partition coefficient (Wildman–Crippen LogP) is 1.61. The summed E-state index contributed by atoms with van der Waals surface area (Å²) in [6.07, 6.45) is 4.75. The topological polar surface area (TPSA) is 70.2 Å². The Bertz CT molecular complexity index is 697. The molecule has 20 heavy (non-hydrogen) atoms. The standard InChI is InChI=1S/C14H17N3O3/c18-14-11-13(15-10-3-1-2-6-17(10)14)20-12(16-11)9-4-7-19-8-5-9/h9H,1-8H2. The molecule has 106 valence electrons. The Morgan fingerprint density at radius 3 is 2.85 bits per heavy atom. The van der Waals surface area contributed by atoms with E-state index in [0.717, 1.165) is 57.7 Å². The molecule has 0 radical (unpaired) electrons. The summed E-state index contributed by atoms with van der Waals surface area (Å²) in [5, 5.41) is 0. The van der Waals surface area contributed by atoms with Gasteiger partial charge in [-0.3, -0.25) is 9.36 Å². The molecule has 2 aliphatic heterocycles. The number of hydrogen-bond donors (Lipinski definition) is 0. The fraction of sp³-hybridized carbons (Fsp3) is 0.643. The van der Waals surface area contributed by atoms with Gasteiger partial charge in [-0.25, -0.2) is 4.98 Å². The third-order valence-electron chi connectivity index (χ3n) is 4.22. The van der Waals surface area contributed by atoms with Crippen molar-refractivity contribution in [2.75, 3.05) is 13.2 Å². The second-order valence-corrected chi connectivity index (χ2v) is 5.53. The zero-order valence-electron chi connectivity index (χ0n) is 11.3. The van der Waals surface area contributed by atoms with Crippen LogP contribution in [0.25, 0.3) is 11.2 Å². The van der Waals surface area contributed by atoms with Gasteiger partial charge in [0.1, 0.15) is 5.82 Å². The van der Waals surface area contributed by atoms with Crippen LogP contribution in [0.5, 0.6) is 0 Å². The molecular formula is C14H17N3O3. The van der Waals surface area contributed by atoms with E-state index in [0.29, 0.717) is 17.1 Å². The lowest BCUT2D eigenvalue weighted by Gasteiger charge is -2.18. The summed E-state index contributed by atoms with van der Waals surface area (Å²) in [5.41, 5.74) is 0.744. The van der Waals surface area contributed by atoms with Gasteiger partial charge in [0.2, 0.25) is 5.89 Å². The lowest BCUT2D eigenvalue weighted by molar-refractivity contribution is 0.0798. The Morgan fingerprint density at radius 2 is 2.00 bits per heavy atom. The van der Waals surface area contributed by atoms with Gasteiger partial charge in [-0.1, -0.05) is 0 Å². The molecule has 2 aromatic heterocycles. The van der Waals surface area contributed by atoms with E-state index in [9.17, 15) is 4.79 Å². The molecule has 2 aromatic rings. The molecule has 6 heteroatoms. The van der Waals surface area contributed by atoms with Crippen molar-refractivity contribution in [3.05, 3.63) is 22.1 Å². The van der Waals surface area contributed by atoms with Crippen LogP contribution in [0.2, 0.25) is 0 Å². The Kier molecular flexibility index (Phi) is 2.84. The highest BCUT2D eigenvalue weighted by molar-refractivity contribution is 5.66. The molecule has 0 N–H and O–H groups in total. The van der Waals surface area contributed by atoms with Gasteiger partial charge in [-0.2, -0.15) is 4.98 Å². The van der Waals surface area contributed by atoms with Crippen LogP contribution in [-0.2, 0) is 17.7 Å². The molecule has 1 saturated heterocycles. The van der Waals surface area contributed by atoms with Crippen LogP contribution in [0.1, 0.15) is 43.3 Å². The molecule has 0 unspecified atom stereocenters. The van der Waals surface area contributed by atoms with E-state index in [1.54, 1.807) is 4.57 Å². The molecule has 0 spiro atoms.